The zero-order valence-corrected chi connectivity index (χ0v) is 8.08. The minimum Gasteiger partial charge on any atom is -0.396 e. The summed E-state index contributed by atoms with van der Waals surface area (Å²) < 4.78 is 5.45. The third-order valence-corrected chi connectivity index (χ3v) is 2.79. The second-order valence-corrected chi connectivity index (χ2v) is 3.59. The van der Waals surface area contributed by atoms with Crippen molar-refractivity contribution in [2.75, 3.05) is 12.4 Å². The third kappa shape index (κ3) is 1.93. The van der Waals surface area contributed by atoms with Gasteiger partial charge in [-0.1, -0.05) is 0 Å². The number of aliphatic hydroxyl groups is 2. The van der Waals surface area contributed by atoms with Gasteiger partial charge in [0.25, 0.3) is 0 Å². The first-order valence-corrected chi connectivity index (χ1v) is 4.89. The summed E-state index contributed by atoms with van der Waals surface area (Å²) in [6, 6.07) is 0. The highest BCUT2D eigenvalue weighted by Crippen LogP contribution is 2.29. The summed E-state index contributed by atoms with van der Waals surface area (Å²) in [5, 5.41) is 18.4. The molecule has 1 fully saturated rings. The van der Waals surface area contributed by atoms with Crippen LogP contribution in [0, 0.1) is 5.92 Å². The van der Waals surface area contributed by atoms with Gasteiger partial charge in [-0.3, -0.25) is 0 Å². The molecule has 0 amide bonds. The fourth-order valence-electron chi connectivity index (χ4n) is 1.71. The van der Waals surface area contributed by atoms with E-state index in [-0.39, 0.29) is 24.7 Å². The highest BCUT2D eigenvalue weighted by Gasteiger charge is 2.39. The van der Waals surface area contributed by atoms with Gasteiger partial charge in [-0.2, -0.15) is 12.6 Å². The molecule has 1 aliphatic rings. The van der Waals surface area contributed by atoms with Crippen molar-refractivity contribution in [1.82, 2.24) is 0 Å². The Morgan fingerprint density at radius 2 is 2.17 bits per heavy atom. The quantitative estimate of drug-likeness (QED) is 0.554. The lowest BCUT2D eigenvalue weighted by Gasteiger charge is -2.16. The predicted octanol–water partition coefficient (Wildman–Crippen LogP) is 0.0630. The molecule has 0 radical (unpaired) electrons. The van der Waals surface area contributed by atoms with Gasteiger partial charge in [0, 0.05) is 18.3 Å². The van der Waals surface area contributed by atoms with Gasteiger partial charge in [-0.25, -0.2) is 0 Å². The van der Waals surface area contributed by atoms with Crippen LogP contribution in [0.4, 0.5) is 0 Å². The number of thiol groups is 1. The van der Waals surface area contributed by atoms with E-state index in [1.165, 1.54) is 0 Å². The molecule has 12 heavy (non-hydrogen) atoms. The van der Waals surface area contributed by atoms with Crippen molar-refractivity contribution in [3.8, 4) is 0 Å². The molecule has 2 unspecified atom stereocenters. The van der Waals surface area contributed by atoms with Gasteiger partial charge < -0.3 is 14.9 Å². The standard InChI is InChI=1S/C8H16O3S/c1-5-8(10)6(2-3-9)7(4-12)11-5/h5-10,12H,2-4H2,1H3/t5?,6-,7+,8?/m0/s1. The highest BCUT2D eigenvalue weighted by atomic mass is 32.1. The van der Waals surface area contributed by atoms with Crippen molar-refractivity contribution in [3.63, 3.8) is 0 Å². The van der Waals surface area contributed by atoms with Crippen molar-refractivity contribution >= 4 is 12.6 Å². The molecule has 1 saturated heterocycles. The topological polar surface area (TPSA) is 49.7 Å². The van der Waals surface area contributed by atoms with E-state index in [0.29, 0.717) is 12.2 Å². The Morgan fingerprint density at radius 1 is 1.50 bits per heavy atom. The van der Waals surface area contributed by atoms with Crippen molar-refractivity contribution < 1.29 is 14.9 Å². The van der Waals surface area contributed by atoms with Crippen LogP contribution in [0.25, 0.3) is 0 Å². The molecule has 72 valence electrons. The van der Waals surface area contributed by atoms with E-state index in [2.05, 4.69) is 12.6 Å². The summed E-state index contributed by atoms with van der Waals surface area (Å²) in [7, 11) is 0. The molecule has 0 bridgehead atoms. The molecule has 0 aromatic rings. The average molecular weight is 192 g/mol. The zero-order chi connectivity index (χ0) is 9.14. The highest BCUT2D eigenvalue weighted by molar-refractivity contribution is 7.80. The zero-order valence-electron chi connectivity index (χ0n) is 7.18. The lowest BCUT2D eigenvalue weighted by Crippen LogP contribution is -2.27. The Bertz CT molecular complexity index is 142. The van der Waals surface area contributed by atoms with Crippen LogP contribution in [-0.2, 0) is 4.74 Å². The minimum absolute atomic E-state index is 0.00881. The van der Waals surface area contributed by atoms with Crippen LogP contribution in [0.1, 0.15) is 13.3 Å². The van der Waals surface area contributed by atoms with Gasteiger partial charge in [0.2, 0.25) is 0 Å². The number of rotatable bonds is 3. The van der Waals surface area contributed by atoms with Crippen LogP contribution >= 0.6 is 12.6 Å². The van der Waals surface area contributed by atoms with Crippen LogP contribution < -0.4 is 0 Å². The Balaban J connectivity index is 2.53. The van der Waals surface area contributed by atoms with Gasteiger partial charge in [-0.05, 0) is 13.3 Å². The summed E-state index contributed by atoms with van der Waals surface area (Å²) in [6.45, 7) is 1.95. The molecular weight excluding hydrogens is 176 g/mol. The van der Waals surface area contributed by atoms with Crippen LogP contribution in [0.3, 0.4) is 0 Å². The smallest absolute Gasteiger partial charge is 0.0853 e. The molecule has 1 rings (SSSR count). The van der Waals surface area contributed by atoms with Gasteiger partial charge >= 0.3 is 0 Å². The summed E-state index contributed by atoms with van der Waals surface area (Å²) in [5.41, 5.74) is 0. The van der Waals surface area contributed by atoms with E-state index in [0.717, 1.165) is 0 Å². The number of aliphatic hydroxyl groups excluding tert-OH is 2. The lowest BCUT2D eigenvalue weighted by molar-refractivity contribution is 0.0303. The molecule has 0 aromatic carbocycles. The van der Waals surface area contributed by atoms with Crippen LogP contribution in [0.5, 0.6) is 0 Å². The Hall–Kier alpha value is 0.230. The minimum atomic E-state index is -0.450. The maximum Gasteiger partial charge on any atom is 0.0853 e. The van der Waals surface area contributed by atoms with Gasteiger partial charge in [-0.15, -0.1) is 0 Å². The van der Waals surface area contributed by atoms with Crippen LogP contribution in [0.2, 0.25) is 0 Å². The lowest BCUT2D eigenvalue weighted by atomic mass is 9.94. The second-order valence-electron chi connectivity index (χ2n) is 3.23. The van der Waals surface area contributed by atoms with Crippen molar-refractivity contribution in [2.24, 2.45) is 5.92 Å². The maximum atomic E-state index is 9.62. The van der Waals surface area contributed by atoms with Gasteiger partial charge in [0.05, 0.1) is 18.3 Å². The van der Waals surface area contributed by atoms with Gasteiger partial charge in [0.1, 0.15) is 0 Å². The predicted molar refractivity (Wildman–Crippen MR) is 49.4 cm³/mol. The monoisotopic (exact) mass is 192 g/mol. The normalized spacial score (nSPS) is 42.0. The molecule has 3 nitrogen and oxygen atoms in total. The van der Waals surface area contributed by atoms with Crippen LogP contribution in [0.15, 0.2) is 0 Å². The molecule has 4 atom stereocenters. The summed E-state index contributed by atoms with van der Waals surface area (Å²) >= 11 is 4.13. The van der Waals surface area contributed by atoms with E-state index < -0.39 is 6.10 Å². The Labute approximate surface area is 78.1 Å². The molecule has 0 spiro atoms. The molecule has 1 heterocycles. The number of hydrogen-bond acceptors (Lipinski definition) is 4. The third-order valence-electron chi connectivity index (χ3n) is 2.43. The first kappa shape index (κ1) is 10.3. The number of hydrogen-bond donors (Lipinski definition) is 3. The molecule has 2 N–H and O–H groups in total. The molecule has 0 aromatic heterocycles. The Morgan fingerprint density at radius 3 is 2.67 bits per heavy atom. The van der Waals surface area contributed by atoms with E-state index in [1.807, 2.05) is 6.92 Å². The SMILES string of the molecule is CC1O[C@H](CS)[C@H](CCO)C1O. The fraction of sp³-hybridized carbons (Fsp3) is 1.00. The van der Waals surface area contributed by atoms with E-state index in [1.54, 1.807) is 0 Å². The first-order chi connectivity index (χ1) is 5.70. The maximum absolute atomic E-state index is 9.62. The molecular formula is C8H16O3S. The van der Waals surface area contributed by atoms with Gasteiger partial charge in [0.15, 0.2) is 0 Å². The molecule has 4 heteroatoms. The van der Waals surface area contributed by atoms with Crippen molar-refractivity contribution in [2.45, 2.75) is 31.7 Å². The average Bonchev–Trinajstić information content (AvgIpc) is 2.33. The Kier molecular flexibility index (Phi) is 3.83. The van der Waals surface area contributed by atoms with Crippen LogP contribution in [-0.4, -0.2) is 40.9 Å². The van der Waals surface area contributed by atoms with E-state index in [4.69, 9.17) is 9.84 Å². The van der Waals surface area contributed by atoms with Crippen molar-refractivity contribution in [3.05, 3.63) is 0 Å². The van der Waals surface area contributed by atoms with Crippen molar-refractivity contribution in [1.29, 1.82) is 0 Å². The largest absolute Gasteiger partial charge is 0.396 e. The van der Waals surface area contributed by atoms with E-state index >= 15 is 0 Å². The fourth-order valence-corrected chi connectivity index (χ4v) is 2.07. The second kappa shape index (κ2) is 4.46. The summed E-state index contributed by atoms with van der Waals surface area (Å²) in [4.78, 5) is 0. The molecule has 0 aliphatic carbocycles. The molecule has 1 aliphatic heterocycles. The number of ether oxygens (including phenoxy) is 1. The van der Waals surface area contributed by atoms with E-state index in [9.17, 15) is 5.11 Å². The summed E-state index contributed by atoms with van der Waals surface area (Å²) in [6.07, 6.45) is 0.00924. The molecule has 0 saturated carbocycles. The summed E-state index contributed by atoms with van der Waals surface area (Å²) in [5.74, 6) is 0.647. The first-order valence-electron chi connectivity index (χ1n) is 4.26.